The zero-order valence-electron chi connectivity index (χ0n) is 14.9. The van der Waals surface area contributed by atoms with Crippen LogP contribution in [-0.2, 0) is 11.8 Å². The maximum absolute atomic E-state index is 6.55. The van der Waals surface area contributed by atoms with Crippen LogP contribution < -0.4 is 0 Å². The highest BCUT2D eigenvalue weighted by atomic mass is 35.5. The van der Waals surface area contributed by atoms with E-state index in [-0.39, 0.29) is 10.8 Å². The fourth-order valence-corrected chi connectivity index (χ4v) is 3.23. The van der Waals surface area contributed by atoms with Gasteiger partial charge < -0.3 is 0 Å². The van der Waals surface area contributed by atoms with Gasteiger partial charge in [0.1, 0.15) is 0 Å². The molecule has 3 heteroatoms. The number of hydrogen-bond donors (Lipinski definition) is 0. The zero-order chi connectivity index (χ0) is 17.0. The van der Waals surface area contributed by atoms with Crippen molar-refractivity contribution in [1.82, 2.24) is 4.98 Å². The Labute approximate surface area is 144 Å². The molecule has 2 heterocycles. The smallest absolute Gasteiger partial charge is 0.0979 e. The lowest BCUT2D eigenvalue weighted by molar-refractivity contribution is 0.570. The summed E-state index contributed by atoms with van der Waals surface area (Å²) in [4.78, 5) is 9.95. The standard InChI is InChI=1S/C20H25ClN2/c1-19(2,3)15-10-8-12-7-9-13-14(21)11-16(20(4,5)6)23-18(13)17(12)22-15/h7,9,11H,8,10H2,1-6H3. The van der Waals surface area contributed by atoms with Crippen LogP contribution in [0.3, 0.4) is 0 Å². The van der Waals surface area contributed by atoms with Gasteiger partial charge >= 0.3 is 0 Å². The van der Waals surface area contributed by atoms with E-state index >= 15 is 0 Å². The number of nitrogens with zero attached hydrogens (tertiary/aromatic N) is 2. The molecule has 0 radical (unpaired) electrons. The van der Waals surface area contributed by atoms with E-state index in [1.807, 2.05) is 6.07 Å². The van der Waals surface area contributed by atoms with Gasteiger partial charge in [-0.2, -0.15) is 0 Å². The Balaban J connectivity index is 2.31. The van der Waals surface area contributed by atoms with Gasteiger partial charge in [0.15, 0.2) is 0 Å². The van der Waals surface area contributed by atoms with Gasteiger partial charge in [0.25, 0.3) is 0 Å². The molecular formula is C20H25ClN2. The first-order valence-corrected chi connectivity index (χ1v) is 8.66. The fourth-order valence-electron chi connectivity index (χ4n) is 2.98. The summed E-state index contributed by atoms with van der Waals surface area (Å²) in [6.45, 7) is 13.2. The van der Waals surface area contributed by atoms with Gasteiger partial charge in [0, 0.05) is 27.6 Å². The monoisotopic (exact) mass is 328 g/mol. The predicted octanol–water partition coefficient (Wildman–Crippen LogP) is 6.25. The zero-order valence-corrected chi connectivity index (χ0v) is 15.7. The third-order valence-electron chi connectivity index (χ3n) is 4.50. The Morgan fingerprint density at radius 3 is 2.26 bits per heavy atom. The van der Waals surface area contributed by atoms with Crippen molar-refractivity contribution in [3.63, 3.8) is 0 Å². The van der Waals surface area contributed by atoms with Crippen molar-refractivity contribution >= 4 is 33.9 Å². The van der Waals surface area contributed by atoms with Crippen molar-refractivity contribution in [1.29, 1.82) is 0 Å². The lowest BCUT2D eigenvalue weighted by Crippen LogP contribution is -2.23. The topological polar surface area (TPSA) is 25.2 Å². The molecule has 1 aliphatic heterocycles. The molecule has 0 amide bonds. The Hall–Kier alpha value is -1.41. The number of hydrogen-bond acceptors (Lipinski definition) is 2. The van der Waals surface area contributed by atoms with Crippen molar-refractivity contribution in [3.05, 3.63) is 34.5 Å². The number of aryl methyl sites for hydroxylation is 1. The van der Waals surface area contributed by atoms with Gasteiger partial charge in [-0.05, 0) is 24.5 Å². The fraction of sp³-hybridized carbons (Fsp3) is 0.500. The van der Waals surface area contributed by atoms with Crippen molar-refractivity contribution in [2.45, 2.75) is 59.8 Å². The summed E-state index contributed by atoms with van der Waals surface area (Å²) in [7, 11) is 0. The maximum Gasteiger partial charge on any atom is 0.0979 e. The Bertz CT molecular complexity index is 805. The lowest BCUT2D eigenvalue weighted by Gasteiger charge is -2.26. The Morgan fingerprint density at radius 1 is 0.957 bits per heavy atom. The molecule has 1 aliphatic rings. The van der Waals surface area contributed by atoms with Gasteiger partial charge in [-0.3, -0.25) is 4.99 Å². The molecule has 0 saturated heterocycles. The van der Waals surface area contributed by atoms with Crippen LogP contribution in [0.1, 0.15) is 59.2 Å². The Kier molecular flexibility index (Phi) is 3.79. The van der Waals surface area contributed by atoms with Crippen molar-refractivity contribution in [3.8, 4) is 0 Å². The van der Waals surface area contributed by atoms with E-state index in [9.17, 15) is 0 Å². The van der Waals surface area contributed by atoms with Crippen LogP contribution in [0.4, 0.5) is 5.69 Å². The average molecular weight is 329 g/mol. The quantitative estimate of drug-likeness (QED) is 0.561. The summed E-state index contributed by atoms with van der Waals surface area (Å²) in [5.74, 6) is 0. The molecule has 0 bridgehead atoms. The summed E-state index contributed by atoms with van der Waals surface area (Å²) in [5, 5.41) is 1.76. The predicted molar refractivity (Wildman–Crippen MR) is 100 cm³/mol. The minimum Gasteiger partial charge on any atom is -0.255 e. The van der Waals surface area contributed by atoms with E-state index < -0.39 is 0 Å². The Morgan fingerprint density at radius 2 is 1.65 bits per heavy atom. The molecule has 2 nitrogen and oxygen atoms in total. The van der Waals surface area contributed by atoms with Crippen LogP contribution in [0, 0.1) is 5.41 Å². The van der Waals surface area contributed by atoms with E-state index in [1.165, 1.54) is 11.3 Å². The van der Waals surface area contributed by atoms with E-state index in [2.05, 4.69) is 53.7 Å². The SMILES string of the molecule is CC(C)(C)C1=Nc2c(ccc3c(Cl)cc(C(C)(C)C)nc23)CC1. The summed E-state index contributed by atoms with van der Waals surface area (Å²) >= 11 is 6.55. The molecule has 1 aromatic carbocycles. The van der Waals surface area contributed by atoms with Crippen molar-refractivity contribution < 1.29 is 0 Å². The van der Waals surface area contributed by atoms with Crippen LogP contribution in [0.15, 0.2) is 23.2 Å². The van der Waals surface area contributed by atoms with Crippen LogP contribution >= 0.6 is 11.6 Å². The van der Waals surface area contributed by atoms with Gasteiger partial charge in [0.2, 0.25) is 0 Å². The molecule has 0 atom stereocenters. The van der Waals surface area contributed by atoms with Crippen molar-refractivity contribution in [2.75, 3.05) is 0 Å². The van der Waals surface area contributed by atoms with Gasteiger partial charge in [-0.25, -0.2) is 4.98 Å². The molecule has 2 aromatic rings. The summed E-state index contributed by atoms with van der Waals surface area (Å²) in [6.07, 6.45) is 2.05. The normalized spacial score (nSPS) is 15.5. The average Bonchev–Trinajstić information content (AvgIpc) is 2.44. The molecule has 0 aliphatic carbocycles. The molecule has 122 valence electrons. The molecule has 0 spiro atoms. The highest BCUT2D eigenvalue weighted by Gasteiger charge is 2.25. The molecule has 0 fully saturated rings. The molecule has 0 N–H and O–H groups in total. The highest BCUT2D eigenvalue weighted by molar-refractivity contribution is 6.35. The summed E-state index contributed by atoms with van der Waals surface area (Å²) in [6, 6.07) is 6.24. The highest BCUT2D eigenvalue weighted by Crippen LogP contribution is 2.39. The van der Waals surface area contributed by atoms with Crippen LogP contribution in [0.2, 0.25) is 5.02 Å². The van der Waals surface area contributed by atoms with E-state index in [4.69, 9.17) is 21.6 Å². The lowest BCUT2D eigenvalue weighted by atomic mass is 9.84. The van der Waals surface area contributed by atoms with E-state index in [0.717, 1.165) is 40.1 Å². The second-order valence-electron chi connectivity index (χ2n) is 8.52. The van der Waals surface area contributed by atoms with E-state index in [1.54, 1.807) is 0 Å². The van der Waals surface area contributed by atoms with Crippen LogP contribution in [-0.4, -0.2) is 10.7 Å². The number of benzene rings is 1. The minimum atomic E-state index is -0.0359. The first-order valence-electron chi connectivity index (χ1n) is 8.28. The van der Waals surface area contributed by atoms with Gasteiger partial charge in [-0.15, -0.1) is 0 Å². The molecule has 3 rings (SSSR count). The second-order valence-corrected chi connectivity index (χ2v) is 8.92. The van der Waals surface area contributed by atoms with Crippen molar-refractivity contribution in [2.24, 2.45) is 10.4 Å². The number of rotatable bonds is 0. The second kappa shape index (κ2) is 5.31. The number of halogens is 1. The first kappa shape index (κ1) is 16.4. The minimum absolute atomic E-state index is 0.0359. The summed E-state index contributed by atoms with van der Waals surface area (Å²) < 4.78 is 0. The van der Waals surface area contributed by atoms with Gasteiger partial charge in [-0.1, -0.05) is 65.3 Å². The van der Waals surface area contributed by atoms with Gasteiger partial charge in [0.05, 0.1) is 16.2 Å². The molecule has 0 unspecified atom stereocenters. The number of pyridine rings is 1. The van der Waals surface area contributed by atoms with Crippen LogP contribution in [0.25, 0.3) is 10.9 Å². The van der Waals surface area contributed by atoms with Crippen LogP contribution in [0.5, 0.6) is 0 Å². The third kappa shape index (κ3) is 3.01. The number of aromatic nitrogens is 1. The molecule has 1 aromatic heterocycles. The maximum atomic E-state index is 6.55. The number of fused-ring (bicyclic) bond motifs is 3. The first-order chi connectivity index (χ1) is 10.6. The van der Waals surface area contributed by atoms with E-state index in [0.29, 0.717) is 0 Å². The molecule has 23 heavy (non-hydrogen) atoms. The summed E-state index contributed by atoms with van der Waals surface area (Å²) in [5.41, 5.74) is 5.56. The number of aliphatic imine (C=N–C) groups is 1. The molecule has 0 saturated carbocycles. The molecular weight excluding hydrogens is 304 g/mol. The third-order valence-corrected chi connectivity index (χ3v) is 4.81. The largest absolute Gasteiger partial charge is 0.255 e.